The molecule has 1 amide bonds. The standard InChI is InChI=1S/C21H18N4O3/c1-13(25-12-23-18-6-4-3-5-17(18)21(25)27)20(26)24-15-9-14-7-8-16(28-2)10-19(14)22-11-15/h3-13H,1-2H3,(H,24,26)/t13-/m1/s1. The van der Waals surface area contributed by atoms with Crippen molar-refractivity contribution in [3.8, 4) is 5.75 Å². The summed E-state index contributed by atoms with van der Waals surface area (Å²) in [5.74, 6) is 0.391. The molecule has 0 spiro atoms. The van der Waals surface area contributed by atoms with Crippen molar-refractivity contribution in [2.45, 2.75) is 13.0 Å². The van der Waals surface area contributed by atoms with Gasteiger partial charge in [-0.1, -0.05) is 12.1 Å². The number of anilines is 1. The van der Waals surface area contributed by atoms with E-state index < -0.39 is 6.04 Å². The minimum Gasteiger partial charge on any atom is -0.497 e. The van der Waals surface area contributed by atoms with Crippen LogP contribution in [0.25, 0.3) is 21.8 Å². The van der Waals surface area contributed by atoms with Crippen LogP contribution in [0.15, 0.2) is 65.8 Å². The Balaban J connectivity index is 1.60. The van der Waals surface area contributed by atoms with E-state index in [0.717, 1.165) is 10.9 Å². The quantitative estimate of drug-likeness (QED) is 0.593. The van der Waals surface area contributed by atoms with Crippen molar-refractivity contribution >= 4 is 33.4 Å². The lowest BCUT2D eigenvalue weighted by atomic mass is 10.2. The highest BCUT2D eigenvalue weighted by Gasteiger charge is 2.18. The van der Waals surface area contributed by atoms with Crippen molar-refractivity contribution in [1.29, 1.82) is 0 Å². The average molecular weight is 374 g/mol. The van der Waals surface area contributed by atoms with Gasteiger partial charge in [0.25, 0.3) is 5.56 Å². The highest BCUT2D eigenvalue weighted by molar-refractivity contribution is 5.95. The number of amides is 1. The summed E-state index contributed by atoms with van der Waals surface area (Å²) in [6, 6.07) is 13.7. The van der Waals surface area contributed by atoms with E-state index in [1.165, 1.54) is 10.9 Å². The summed E-state index contributed by atoms with van der Waals surface area (Å²) in [5.41, 5.74) is 1.67. The summed E-state index contributed by atoms with van der Waals surface area (Å²) in [6.45, 7) is 1.66. The first-order valence-electron chi connectivity index (χ1n) is 8.77. The fourth-order valence-electron chi connectivity index (χ4n) is 3.03. The largest absolute Gasteiger partial charge is 0.497 e. The third-order valence-electron chi connectivity index (χ3n) is 4.65. The molecule has 7 heteroatoms. The van der Waals surface area contributed by atoms with Crippen LogP contribution in [0.4, 0.5) is 5.69 Å². The molecule has 0 aliphatic heterocycles. The molecule has 0 bridgehead atoms. The fraction of sp³-hybridized carbons (Fsp3) is 0.143. The van der Waals surface area contributed by atoms with Gasteiger partial charge in [-0.3, -0.25) is 19.1 Å². The molecule has 0 unspecified atom stereocenters. The van der Waals surface area contributed by atoms with E-state index in [0.29, 0.717) is 22.3 Å². The van der Waals surface area contributed by atoms with E-state index in [1.807, 2.05) is 30.3 Å². The number of benzene rings is 2. The van der Waals surface area contributed by atoms with Gasteiger partial charge < -0.3 is 10.1 Å². The molecule has 140 valence electrons. The number of pyridine rings is 1. The molecule has 4 rings (SSSR count). The minimum atomic E-state index is -0.726. The Morgan fingerprint density at radius 2 is 1.93 bits per heavy atom. The summed E-state index contributed by atoms with van der Waals surface area (Å²) in [4.78, 5) is 34.0. The van der Waals surface area contributed by atoms with Gasteiger partial charge in [-0.15, -0.1) is 0 Å². The third-order valence-corrected chi connectivity index (χ3v) is 4.65. The van der Waals surface area contributed by atoms with Gasteiger partial charge in [-0.25, -0.2) is 4.98 Å². The Bertz CT molecular complexity index is 1250. The van der Waals surface area contributed by atoms with Crippen LogP contribution < -0.4 is 15.6 Å². The number of carbonyl (C=O) groups is 1. The van der Waals surface area contributed by atoms with Crippen molar-refractivity contribution in [1.82, 2.24) is 14.5 Å². The number of nitrogens with zero attached hydrogens (tertiary/aromatic N) is 3. The molecule has 0 aliphatic rings. The molecule has 0 fully saturated rings. The van der Waals surface area contributed by atoms with Gasteiger partial charge in [0.15, 0.2) is 0 Å². The molecule has 0 saturated carbocycles. The van der Waals surface area contributed by atoms with E-state index in [9.17, 15) is 9.59 Å². The van der Waals surface area contributed by atoms with Gasteiger partial charge in [0.2, 0.25) is 5.91 Å². The molecular weight excluding hydrogens is 356 g/mol. The normalized spacial score (nSPS) is 12.1. The lowest BCUT2D eigenvalue weighted by molar-refractivity contribution is -0.118. The number of ether oxygens (including phenoxy) is 1. The van der Waals surface area contributed by atoms with E-state index in [4.69, 9.17) is 4.74 Å². The smallest absolute Gasteiger partial charge is 0.261 e. The van der Waals surface area contributed by atoms with Crippen LogP contribution in [0.2, 0.25) is 0 Å². The van der Waals surface area contributed by atoms with Crippen LogP contribution in [0.3, 0.4) is 0 Å². The Kier molecular flexibility index (Phi) is 4.49. The first-order valence-corrected chi connectivity index (χ1v) is 8.77. The van der Waals surface area contributed by atoms with Crippen LogP contribution in [-0.4, -0.2) is 27.6 Å². The number of rotatable bonds is 4. The Labute approximate surface area is 160 Å². The van der Waals surface area contributed by atoms with Crippen LogP contribution in [0.5, 0.6) is 5.75 Å². The number of hydrogen-bond donors (Lipinski definition) is 1. The molecule has 0 radical (unpaired) electrons. The topological polar surface area (TPSA) is 86.1 Å². The van der Waals surface area contributed by atoms with Crippen LogP contribution in [0, 0.1) is 0 Å². The third kappa shape index (κ3) is 3.18. The summed E-state index contributed by atoms with van der Waals surface area (Å²) >= 11 is 0. The van der Waals surface area contributed by atoms with E-state index in [2.05, 4.69) is 15.3 Å². The first kappa shape index (κ1) is 17.7. The molecule has 1 N–H and O–H groups in total. The second kappa shape index (κ2) is 7.11. The second-order valence-corrected chi connectivity index (χ2v) is 6.42. The Hall–Kier alpha value is -3.74. The molecule has 0 aliphatic carbocycles. The van der Waals surface area contributed by atoms with E-state index in [-0.39, 0.29) is 11.5 Å². The number of nitrogens with one attached hydrogen (secondary N) is 1. The van der Waals surface area contributed by atoms with Crippen LogP contribution in [-0.2, 0) is 4.79 Å². The molecule has 2 aromatic carbocycles. The lowest BCUT2D eigenvalue weighted by Crippen LogP contribution is -2.31. The maximum absolute atomic E-state index is 12.7. The maximum atomic E-state index is 12.7. The average Bonchev–Trinajstić information content (AvgIpc) is 2.73. The number of hydrogen-bond acceptors (Lipinski definition) is 5. The van der Waals surface area contributed by atoms with E-state index in [1.54, 1.807) is 38.4 Å². The van der Waals surface area contributed by atoms with Gasteiger partial charge in [-0.05, 0) is 37.3 Å². The summed E-state index contributed by atoms with van der Waals surface area (Å²) in [7, 11) is 1.60. The predicted molar refractivity (Wildman–Crippen MR) is 108 cm³/mol. The molecule has 2 aromatic heterocycles. The van der Waals surface area contributed by atoms with Gasteiger partial charge in [-0.2, -0.15) is 0 Å². The number of fused-ring (bicyclic) bond motifs is 2. The summed E-state index contributed by atoms with van der Waals surface area (Å²) in [6.07, 6.45) is 2.98. The lowest BCUT2D eigenvalue weighted by Gasteiger charge is -2.15. The monoisotopic (exact) mass is 374 g/mol. The van der Waals surface area contributed by atoms with Crippen molar-refractivity contribution in [3.63, 3.8) is 0 Å². The SMILES string of the molecule is COc1ccc2cc(NC(=O)[C@@H](C)n3cnc4ccccc4c3=O)cnc2c1. The van der Waals surface area contributed by atoms with Gasteiger partial charge in [0, 0.05) is 11.5 Å². The predicted octanol–water partition coefficient (Wildman–Crippen LogP) is 3.15. The van der Waals surface area contributed by atoms with Crippen molar-refractivity contribution in [2.75, 3.05) is 12.4 Å². The number of para-hydroxylation sites is 1. The maximum Gasteiger partial charge on any atom is 0.261 e. The fourth-order valence-corrected chi connectivity index (χ4v) is 3.03. The van der Waals surface area contributed by atoms with Crippen LogP contribution in [0.1, 0.15) is 13.0 Å². The number of aromatic nitrogens is 3. The van der Waals surface area contributed by atoms with Gasteiger partial charge in [0.05, 0.1) is 41.7 Å². The number of carbonyl (C=O) groups excluding carboxylic acids is 1. The summed E-state index contributed by atoms with van der Waals surface area (Å²) in [5, 5.41) is 4.16. The van der Waals surface area contributed by atoms with Crippen molar-refractivity contribution < 1.29 is 9.53 Å². The van der Waals surface area contributed by atoms with Gasteiger partial charge in [0.1, 0.15) is 11.8 Å². The highest BCUT2D eigenvalue weighted by atomic mass is 16.5. The molecule has 1 atom stereocenters. The van der Waals surface area contributed by atoms with Crippen molar-refractivity contribution in [2.24, 2.45) is 0 Å². The molecule has 7 nitrogen and oxygen atoms in total. The first-order chi connectivity index (χ1) is 13.6. The zero-order valence-electron chi connectivity index (χ0n) is 15.4. The second-order valence-electron chi connectivity index (χ2n) is 6.42. The highest BCUT2D eigenvalue weighted by Crippen LogP contribution is 2.22. The molecule has 28 heavy (non-hydrogen) atoms. The zero-order valence-corrected chi connectivity index (χ0v) is 15.4. The molecule has 2 heterocycles. The molecule has 0 saturated heterocycles. The van der Waals surface area contributed by atoms with Crippen molar-refractivity contribution in [3.05, 3.63) is 71.4 Å². The van der Waals surface area contributed by atoms with Crippen LogP contribution >= 0.6 is 0 Å². The number of methoxy groups -OCH3 is 1. The molecular formula is C21H18N4O3. The zero-order chi connectivity index (χ0) is 19.7. The van der Waals surface area contributed by atoms with Gasteiger partial charge >= 0.3 is 0 Å². The molecule has 4 aromatic rings. The Morgan fingerprint density at radius 3 is 2.75 bits per heavy atom. The minimum absolute atomic E-state index is 0.253. The van der Waals surface area contributed by atoms with E-state index >= 15 is 0 Å². The Morgan fingerprint density at radius 1 is 1.11 bits per heavy atom. The summed E-state index contributed by atoms with van der Waals surface area (Å²) < 4.78 is 6.52.